The van der Waals surface area contributed by atoms with Gasteiger partial charge in [-0.2, -0.15) is 0 Å². The number of thiazole rings is 1. The van der Waals surface area contributed by atoms with Crippen LogP contribution in [0.4, 0.5) is 0 Å². The smallest absolute Gasteiger partial charge is 0.180 e. The van der Waals surface area contributed by atoms with Crippen molar-refractivity contribution in [3.63, 3.8) is 0 Å². The van der Waals surface area contributed by atoms with Crippen molar-refractivity contribution in [3.8, 4) is 0 Å². The van der Waals surface area contributed by atoms with Gasteiger partial charge >= 0.3 is 0 Å². The van der Waals surface area contributed by atoms with Crippen LogP contribution in [0.2, 0.25) is 0 Å². The molecule has 7 fully saturated rings. The lowest BCUT2D eigenvalue weighted by atomic mass is 10.2. The molecule has 12 heterocycles. The summed E-state index contributed by atoms with van der Waals surface area (Å²) < 4.78 is 9.54. The predicted octanol–water partition coefficient (Wildman–Crippen LogP) is 7.85. The minimum Gasteiger partial charge on any atom is -0.452 e. The zero-order valence-electron chi connectivity index (χ0n) is 41.2. The van der Waals surface area contributed by atoms with Gasteiger partial charge in [0.2, 0.25) is 0 Å². The molecule has 4 aromatic rings. The van der Waals surface area contributed by atoms with E-state index in [1.165, 1.54) is 161 Å². The minimum atomic E-state index is 0.889. The number of nitrogens with zero attached hydrogens (tertiary/aromatic N) is 7. The molecule has 1 saturated carbocycles. The summed E-state index contributed by atoms with van der Waals surface area (Å²) in [7, 11) is 0. The van der Waals surface area contributed by atoms with Crippen LogP contribution < -0.4 is 37.2 Å². The highest BCUT2D eigenvalue weighted by Gasteiger charge is 1.97. The quantitative estimate of drug-likeness (QED) is 0.0901. The molecule has 7 N–H and O–H groups in total. The fourth-order valence-electron chi connectivity index (χ4n) is 5.07. The van der Waals surface area contributed by atoms with E-state index in [-0.39, 0.29) is 0 Å². The third-order valence-electron chi connectivity index (χ3n) is 9.07. The number of aliphatic imine (C=N–C) groups is 2. The molecule has 0 aromatic carbocycles. The maximum atomic E-state index is 5.07. The standard InChI is InChI=1S/2C5H11N.C5H5N.C5H10O.C4H4N2.C4H9N.2C4H5N.C3H9N3.C3H3NO.C3H3NS.C3H7N.C3H6/c4*1-2-4-6-5-3-1;1-2-6-4-3-5-1;3*1-2-4-5-3-1;1-4-2-6-3-5-1;2*1-2-5-3-4-1;1-2-4-3-1;1-2-3-1/h2*6H,1-5H2;1-5H;1-5H2;1-4H;5H,1-4H2;1,3-4H,2H2;1-3H,4H2;4-6H,1-3H2;2*1-3H;4H,1-3H2;1-3H2. The topological polar surface area (TPSA) is 196 Å². The van der Waals surface area contributed by atoms with Crippen LogP contribution in [0.3, 0.4) is 0 Å². The lowest BCUT2D eigenvalue weighted by Gasteiger charge is -2.13. The number of ether oxygens (including phenoxy) is 1. The molecule has 0 radical (unpaired) electrons. The summed E-state index contributed by atoms with van der Waals surface area (Å²) in [5.74, 6) is 0. The van der Waals surface area contributed by atoms with Gasteiger partial charge in [-0.3, -0.25) is 45.9 Å². The molecule has 68 heavy (non-hydrogen) atoms. The Bertz CT molecular complexity index is 1220. The molecule has 6 saturated heterocycles. The van der Waals surface area contributed by atoms with Crippen molar-refractivity contribution in [2.24, 2.45) is 9.98 Å². The Hall–Kier alpha value is -4.43. The van der Waals surface area contributed by atoms with Gasteiger partial charge in [0, 0.05) is 107 Å². The Morgan fingerprint density at radius 2 is 0.941 bits per heavy atom. The van der Waals surface area contributed by atoms with Crippen LogP contribution in [0.25, 0.3) is 0 Å². The van der Waals surface area contributed by atoms with E-state index in [0.717, 1.165) is 46.2 Å². The summed E-state index contributed by atoms with van der Waals surface area (Å²) >= 11 is 1.60. The Morgan fingerprint density at radius 1 is 0.441 bits per heavy atom. The average Bonchev–Trinajstić information content (AvgIpc) is 4.22. The highest BCUT2D eigenvalue weighted by Crippen LogP contribution is 2.14. The zero-order valence-corrected chi connectivity index (χ0v) is 42.0. The number of oxazole rings is 1. The molecule has 1 aliphatic carbocycles. The summed E-state index contributed by atoms with van der Waals surface area (Å²) in [4.78, 5) is 26.2. The van der Waals surface area contributed by atoms with E-state index in [1.54, 1.807) is 78.8 Å². The Labute approximate surface area is 414 Å². The summed E-state index contributed by atoms with van der Waals surface area (Å²) in [6.07, 6.45) is 49.8. The maximum Gasteiger partial charge on any atom is 0.180 e. The number of nitrogens with one attached hydrogen (secondary N) is 7. The fourth-order valence-corrected chi connectivity index (χ4v) is 5.42. The predicted molar refractivity (Wildman–Crippen MR) is 285 cm³/mol. The van der Waals surface area contributed by atoms with Crippen LogP contribution in [0.5, 0.6) is 0 Å². The first-order valence-electron chi connectivity index (χ1n) is 25.0. The molecule has 13 rings (SSSR count). The summed E-state index contributed by atoms with van der Waals surface area (Å²) in [5.41, 5.74) is 1.79. The highest BCUT2D eigenvalue weighted by molar-refractivity contribution is 7.07. The van der Waals surface area contributed by atoms with Crippen molar-refractivity contribution >= 4 is 23.8 Å². The first-order chi connectivity index (χ1) is 34.0. The highest BCUT2D eigenvalue weighted by atomic mass is 32.1. The second kappa shape index (κ2) is 58.7. The number of rotatable bonds is 0. The summed E-state index contributed by atoms with van der Waals surface area (Å²) in [6, 6.07) is 5.72. The molecule has 9 aliphatic rings. The summed E-state index contributed by atoms with van der Waals surface area (Å²) in [5, 5.41) is 24.0. The lowest BCUT2D eigenvalue weighted by molar-refractivity contribution is 0.0968. The van der Waals surface area contributed by atoms with Crippen molar-refractivity contribution in [3.05, 3.63) is 116 Å². The number of piperidine rings is 2. The number of allylic oxidation sites excluding steroid dienone is 2. The maximum absolute atomic E-state index is 5.07. The normalized spacial score (nSPS) is 17.9. The zero-order chi connectivity index (χ0) is 48.1. The number of hydrogen-bond acceptors (Lipinski definition) is 17. The molecule has 0 bridgehead atoms. The average molecular weight is 961 g/mol. The Morgan fingerprint density at radius 3 is 1.09 bits per heavy atom. The number of hydrogen-bond donors (Lipinski definition) is 7. The van der Waals surface area contributed by atoms with Gasteiger partial charge in [-0.25, -0.2) is 4.98 Å². The largest absolute Gasteiger partial charge is 0.452 e. The lowest BCUT2D eigenvalue weighted by Crippen LogP contribution is -2.47. The van der Waals surface area contributed by atoms with Gasteiger partial charge in [-0.05, 0) is 135 Å². The van der Waals surface area contributed by atoms with Gasteiger partial charge in [0.05, 0.1) is 18.3 Å². The third-order valence-corrected chi connectivity index (χ3v) is 9.60. The molecule has 4 aromatic heterocycles. The Kier molecular flexibility index (Phi) is 53.2. The monoisotopic (exact) mass is 961 g/mol. The van der Waals surface area contributed by atoms with Crippen LogP contribution in [-0.4, -0.2) is 129 Å². The van der Waals surface area contributed by atoms with Crippen molar-refractivity contribution < 1.29 is 9.15 Å². The van der Waals surface area contributed by atoms with Gasteiger partial charge in [-0.15, -0.1) is 11.3 Å². The molecule has 0 spiro atoms. The van der Waals surface area contributed by atoms with Crippen LogP contribution >= 0.6 is 11.3 Å². The first kappa shape index (κ1) is 61.6. The van der Waals surface area contributed by atoms with Gasteiger partial charge < -0.3 is 30.4 Å². The molecule has 0 unspecified atom stereocenters. The van der Waals surface area contributed by atoms with E-state index < -0.39 is 0 Å². The van der Waals surface area contributed by atoms with Crippen molar-refractivity contribution in [2.75, 3.05) is 92.1 Å². The molecule has 380 valence electrons. The van der Waals surface area contributed by atoms with Gasteiger partial charge in [0.25, 0.3) is 0 Å². The first-order valence-corrected chi connectivity index (χ1v) is 26.0. The van der Waals surface area contributed by atoms with Crippen LogP contribution in [0.1, 0.15) is 103 Å². The molecule has 0 amide bonds. The number of pyridine rings is 1. The van der Waals surface area contributed by atoms with E-state index in [1.807, 2.05) is 48.0 Å². The van der Waals surface area contributed by atoms with Gasteiger partial charge in [-0.1, -0.05) is 50.3 Å². The molecule has 16 nitrogen and oxygen atoms in total. The molecule has 17 heteroatoms. The molecular formula is C51H88N14O2S. The Balaban J connectivity index is 0.000000369. The van der Waals surface area contributed by atoms with E-state index >= 15 is 0 Å². The van der Waals surface area contributed by atoms with Crippen molar-refractivity contribution in [1.29, 1.82) is 0 Å². The molecule has 8 aliphatic heterocycles. The van der Waals surface area contributed by atoms with Gasteiger partial charge in [0.15, 0.2) is 6.39 Å². The van der Waals surface area contributed by atoms with E-state index in [2.05, 4.69) is 76.5 Å². The van der Waals surface area contributed by atoms with Crippen LogP contribution in [0.15, 0.2) is 130 Å². The van der Waals surface area contributed by atoms with E-state index in [0.29, 0.717) is 0 Å². The van der Waals surface area contributed by atoms with Crippen molar-refractivity contribution in [1.82, 2.24) is 62.1 Å². The molecular weight excluding hydrogens is 873 g/mol. The SMILES string of the molecule is C1=CCN=C1.C1=CN=CC1.C1CC1.C1CCNC1.C1CCNCC1.C1CCNCC1.C1CCOCC1.C1CNC1.C1NCNCN1.c1ccncc1.c1cnccn1.c1cocn1.c1cscn1. The van der Waals surface area contributed by atoms with Crippen molar-refractivity contribution in [2.45, 2.75) is 103 Å². The fraction of sp³-hybridized carbons (Fsp3) is 0.588. The second-order valence-corrected chi connectivity index (χ2v) is 16.1. The number of aromatic nitrogens is 5. The van der Waals surface area contributed by atoms with Crippen LogP contribution in [-0.2, 0) is 4.74 Å². The van der Waals surface area contributed by atoms with Crippen LogP contribution in [0, 0.1) is 0 Å². The van der Waals surface area contributed by atoms with Gasteiger partial charge in [0.1, 0.15) is 6.26 Å². The minimum absolute atomic E-state index is 0.889. The summed E-state index contributed by atoms with van der Waals surface area (Å²) in [6.45, 7) is 15.7. The molecule has 0 atom stereocenters. The van der Waals surface area contributed by atoms with E-state index in [9.17, 15) is 0 Å². The van der Waals surface area contributed by atoms with E-state index in [4.69, 9.17) is 4.74 Å². The third kappa shape index (κ3) is 59.6. The second-order valence-electron chi connectivity index (χ2n) is 15.4.